The van der Waals surface area contributed by atoms with Crippen molar-refractivity contribution >= 4 is 27.3 Å². The Bertz CT molecular complexity index is 1270. The van der Waals surface area contributed by atoms with Crippen molar-refractivity contribution in [2.24, 2.45) is 0 Å². The van der Waals surface area contributed by atoms with Crippen molar-refractivity contribution in [3.63, 3.8) is 0 Å². The first-order valence-electron chi connectivity index (χ1n) is 10.5. The van der Waals surface area contributed by atoms with Gasteiger partial charge in [0.2, 0.25) is 0 Å². The smallest absolute Gasteiger partial charge is 0.368 e. The lowest BCUT2D eigenvalue weighted by molar-refractivity contribution is -0.137. The fraction of sp³-hybridized carbons (Fsp3) is 0.208. The second-order valence-electron chi connectivity index (χ2n) is 7.79. The Hall–Kier alpha value is -3.53. The van der Waals surface area contributed by atoms with E-state index in [2.05, 4.69) is 4.72 Å². The second-order valence-corrected chi connectivity index (χ2v) is 9.47. The van der Waals surface area contributed by atoms with Crippen molar-refractivity contribution < 1.29 is 26.4 Å². The van der Waals surface area contributed by atoms with E-state index in [-0.39, 0.29) is 35.1 Å². The van der Waals surface area contributed by atoms with E-state index in [1.54, 1.807) is 52.3 Å². The van der Waals surface area contributed by atoms with Crippen molar-refractivity contribution in [3.05, 3.63) is 90.0 Å². The molecule has 1 saturated heterocycles. The summed E-state index contributed by atoms with van der Waals surface area (Å²) in [7, 11) is -3.88. The van der Waals surface area contributed by atoms with E-state index in [1.165, 1.54) is 24.3 Å². The molecule has 0 unspecified atom stereocenters. The highest BCUT2D eigenvalue weighted by molar-refractivity contribution is 7.92. The molecular formula is C24H22F3N3O3S. The number of carbonyl (C=O) groups is 1. The third kappa shape index (κ3) is 5.17. The topological polar surface area (TPSA) is 69.7 Å². The van der Waals surface area contributed by atoms with E-state index in [0.717, 1.165) is 12.1 Å². The molecule has 34 heavy (non-hydrogen) atoms. The van der Waals surface area contributed by atoms with E-state index in [4.69, 9.17) is 0 Å². The number of carbonyl (C=O) groups excluding carboxylic acids is 1. The van der Waals surface area contributed by atoms with Gasteiger partial charge in [0.15, 0.2) is 0 Å². The normalized spacial score (nSPS) is 14.7. The van der Waals surface area contributed by atoms with Crippen molar-refractivity contribution in [2.45, 2.75) is 11.1 Å². The molecule has 1 aliphatic rings. The predicted octanol–water partition coefficient (Wildman–Crippen LogP) is 4.47. The molecule has 1 heterocycles. The van der Waals surface area contributed by atoms with Gasteiger partial charge in [0.1, 0.15) is 0 Å². The van der Waals surface area contributed by atoms with Gasteiger partial charge in [-0.25, -0.2) is 8.42 Å². The largest absolute Gasteiger partial charge is 0.416 e. The van der Waals surface area contributed by atoms with Gasteiger partial charge in [0, 0.05) is 31.9 Å². The lowest BCUT2D eigenvalue weighted by Gasteiger charge is -2.36. The number of anilines is 2. The van der Waals surface area contributed by atoms with Crippen LogP contribution in [0.25, 0.3) is 0 Å². The molecule has 1 aliphatic heterocycles. The summed E-state index contributed by atoms with van der Waals surface area (Å²) in [5.74, 6) is -0.352. The minimum absolute atomic E-state index is 0.0759. The second kappa shape index (κ2) is 9.38. The number of amides is 1. The van der Waals surface area contributed by atoms with Gasteiger partial charge in [0.25, 0.3) is 15.9 Å². The number of halogens is 3. The molecule has 0 radical (unpaired) electrons. The van der Waals surface area contributed by atoms with Gasteiger partial charge in [-0.2, -0.15) is 13.2 Å². The number of nitrogens with one attached hydrogen (secondary N) is 1. The number of benzene rings is 3. The fourth-order valence-electron chi connectivity index (χ4n) is 3.78. The zero-order valence-corrected chi connectivity index (χ0v) is 18.8. The van der Waals surface area contributed by atoms with Gasteiger partial charge < -0.3 is 9.80 Å². The number of piperazine rings is 1. The summed E-state index contributed by atoms with van der Waals surface area (Å²) in [6.45, 7) is 1.28. The third-order valence-corrected chi connectivity index (χ3v) is 6.94. The number of alkyl halides is 3. The maximum absolute atomic E-state index is 13.2. The van der Waals surface area contributed by atoms with Gasteiger partial charge in [-0.1, -0.05) is 36.4 Å². The zero-order valence-electron chi connectivity index (χ0n) is 18.0. The van der Waals surface area contributed by atoms with Gasteiger partial charge in [-0.3, -0.25) is 9.52 Å². The minimum atomic E-state index is -4.43. The van der Waals surface area contributed by atoms with Crippen LogP contribution in [0.5, 0.6) is 0 Å². The van der Waals surface area contributed by atoms with Crippen LogP contribution in [-0.4, -0.2) is 45.4 Å². The summed E-state index contributed by atoms with van der Waals surface area (Å²) in [5, 5.41) is 0. The number of hydrogen-bond donors (Lipinski definition) is 1. The van der Waals surface area contributed by atoms with Gasteiger partial charge in [0.05, 0.1) is 21.7 Å². The quantitative estimate of drug-likeness (QED) is 0.574. The monoisotopic (exact) mass is 489 g/mol. The number of hydrogen-bond acceptors (Lipinski definition) is 4. The number of sulfonamides is 1. The molecule has 3 aromatic carbocycles. The molecule has 0 aliphatic carbocycles. The van der Waals surface area contributed by atoms with Crippen LogP contribution in [0, 0.1) is 0 Å². The summed E-state index contributed by atoms with van der Waals surface area (Å²) in [5.41, 5.74) is 0.0901. The van der Waals surface area contributed by atoms with E-state index in [9.17, 15) is 26.4 Å². The van der Waals surface area contributed by atoms with E-state index in [0.29, 0.717) is 18.8 Å². The Morgan fingerprint density at radius 1 is 0.824 bits per heavy atom. The average Bonchev–Trinajstić information content (AvgIpc) is 2.84. The van der Waals surface area contributed by atoms with Crippen LogP contribution in [0.4, 0.5) is 24.5 Å². The molecule has 10 heteroatoms. The van der Waals surface area contributed by atoms with Crippen molar-refractivity contribution in [3.8, 4) is 0 Å². The zero-order chi connectivity index (χ0) is 24.3. The Morgan fingerprint density at radius 2 is 1.47 bits per heavy atom. The maximum Gasteiger partial charge on any atom is 0.416 e. The van der Waals surface area contributed by atoms with E-state index >= 15 is 0 Å². The Kier molecular flexibility index (Phi) is 6.52. The molecule has 6 nitrogen and oxygen atoms in total. The van der Waals surface area contributed by atoms with Crippen LogP contribution < -0.4 is 9.62 Å². The fourth-order valence-corrected chi connectivity index (χ4v) is 4.88. The summed E-state index contributed by atoms with van der Waals surface area (Å²) in [6.07, 6.45) is -4.43. The minimum Gasteiger partial charge on any atom is -0.368 e. The SMILES string of the molecule is O=C(c1ccccc1NS(=O)(=O)c1ccccc1)N1CCN(c2cccc(C(F)(F)F)c2)CC1. The van der Waals surface area contributed by atoms with Crippen molar-refractivity contribution in [1.82, 2.24) is 4.90 Å². The molecular weight excluding hydrogens is 467 g/mol. The van der Waals surface area contributed by atoms with Gasteiger partial charge in [-0.05, 0) is 42.5 Å². The summed E-state index contributed by atoms with van der Waals surface area (Å²) in [6, 6.07) is 19.3. The Balaban J connectivity index is 1.47. The first kappa shape index (κ1) is 23.6. The molecule has 0 aromatic heterocycles. The Labute approximate surface area is 195 Å². The molecule has 0 spiro atoms. The van der Waals surface area contributed by atoms with Crippen LogP contribution in [0.1, 0.15) is 15.9 Å². The molecule has 0 bridgehead atoms. The lowest BCUT2D eigenvalue weighted by Crippen LogP contribution is -2.49. The first-order valence-corrected chi connectivity index (χ1v) is 12.0. The molecule has 0 atom stereocenters. The molecule has 178 valence electrons. The standard InChI is InChI=1S/C24H22F3N3O3S/c25-24(26,27)18-7-6-8-19(17-18)29-13-15-30(16-14-29)23(31)21-11-4-5-12-22(21)28-34(32,33)20-9-2-1-3-10-20/h1-12,17,28H,13-16H2. The van der Waals surface area contributed by atoms with Crippen LogP contribution in [-0.2, 0) is 16.2 Å². The average molecular weight is 490 g/mol. The summed E-state index contributed by atoms with van der Waals surface area (Å²) >= 11 is 0. The first-order chi connectivity index (χ1) is 16.1. The van der Waals surface area contributed by atoms with E-state index in [1.807, 2.05) is 0 Å². The van der Waals surface area contributed by atoms with E-state index < -0.39 is 21.8 Å². The highest BCUT2D eigenvalue weighted by Crippen LogP contribution is 2.32. The van der Waals surface area contributed by atoms with Crippen LogP contribution in [0.3, 0.4) is 0 Å². The number of rotatable bonds is 5. The number of para-hydroxylation sites is 1. The highest BCUT2D eigenvalue weighted by atomic mass is 32.2. The summed E-state index contributed by atoms with van der Waals surface area (Å²) < 4.78 is 67.0. The highest BCUT2D eigenvalue weighted by Gasteiger charge is 2.31. The Morgan fingerprint density at radius 3 is 2.15 bits per heavy atom. The van der Waals surface area contributed by atoms with Gasteiger partial charge >= 0.3 is 6.18 Å². The molecule has 3 aromatic rings. The molecule has 1 N–H and O–H groups in total. The molecule has 0 saturated carbocycles. The van der Waals surface area contributed by atoms with Crippen LogP contribution >= 0.6 is 0 Å². The third-order valence-electron chi connectivity index (χ3n) is 5.56. The molecule has 1 fully saturated rings. The van der Waals surface area contributed by atoms with Crippen LogP contribution in [0.2, 0.25) is 0 Å². The number of nitrogens with zero attached hydrogens (tertiary/aromatic N) is 2. The summed E-state index contributed by atoms with van der Waals surface area (Å²) in [4.78, 5) is 16.6. The molecule has 4 rings (SSSR count). The lowest BCUT2D eigenvalue weighted by atomic mass is 10.1. The van der Waals surface area contributed by atoms with Crippen LogP contribution in [0.15, 0.2) is 83.8 Å². The molecule has 1 amide bonds. The van der Waals surface area contributed by atoms with Crippen molar-refractivity contribution in [2.75, 3.05) is 35.8 Å². The predicted molar refractivity (Wildman–Crippen MR) is 123 cm³/mol. The maximum atomic E-state index is 13.2. The van der Waals surface area contributed by atoms with Crippen molar-refractivity contribution in [1.29, 1.82) is 0 Å². The van der Waals surface area contributed by atoms with Gasteiger partial charge in [-0.15, -0.1) is 0 Å².